The molecule has 0 amide bonds. The van der Waals surface area contributed by atoms with E-state index in [0.29, 0.717) is 5.69 Å². The molecule has 0 aliphatic rings. The quantitative estimate of drug-likeness (QED) is 0.744. The van der Waals surface area contributed by atoms with E-state index in [0.717, 1.165) is 9.99 Å². The maximum absolute atomic E-state index is 11.1. The highest BCUT2D eigenvalue weighted by molar-refractivity contribution is 9.10. The minimum atomic E-state index is -0.00942. The fourth-order valence-corrected chi connectivity index (χ4v) is 1.60. The number of imidazole rings is 1. The third-order valence-electron chi connectivity index (χ3n) is 1.83. The van der Waals surface area contributed by atoms with E-state index in [1.165, 1.54) is 6.92 Å². The third-order valence-corrected chi connectivity index (χ3v) is 2.30. The van der Waals surface area contributed by atoms with Gasteiger partial charge in [-0.05, 0) is 28.1 Å². The number of nitrogens with zero attached hydrogens (tertiary/aromatic N) is 2. The molecule has 0 saturated carbocycles. The summed E-state index contributed by atoms with van der Waals surface area (Å²) >= 11 is 3.35. The molecule has 0 atom stereocenters. The maximum Gasteiger partial charge on any atom is 0.180 e. The Morgan fingerprint density at radius 3 is 2.67 bits per heavy atom. The van der Waals surface area contributed by atoms with Gasteiger partial charge in [-0.2, -0.15) is 0 Å². The van der Waals surface area contributed by atoms with Crippen LogP contribution in [0.15, 0.2) is 29.1 Å². The van der Waals surface area contributed by atoms with Crippen LogP contribution in [-0.4, -0.2) is 15.2 Å². The van der Waals surface area contributed by atoms with E-state index in [1.807, 2.05) is 36.6 Å². The highest BCUT2D eigenvalue weighted by atomic mass is 79.9. The van der Waals surface area contributed by atoms with Crippen molar-refractivity contribution in [1.82, 2.24) is 9.38 Å². The molecule has 0 saturated heterocycles. The van der Waals surface area contributed by atoms with Gasteiger partial charge in [-0.1, -0.05) is 13.8 Å². The molecule has 0 unspecified atom stereocenters. The van der Waals surface area contributed by atoms with E-state index in [4.69, 9.17) is 0 Å². The summed E-state index contributed by atoms with van der Waals surface area (Å²) in [6.07, 6.45) is 3.51. The van der Waals surface area contributed by atoms with Gasteiger partial charge in [0.15, 0.2) is 5.78 Å². The highest BCUT2D eigenvalue weighted by Crippen LogP contribution is 2.15. The Morgan fingerprint density at radius 2 is 2.07 bits per heavy atom. The predicted molar refractivity (Wildman–Crippen MR) is 64.2 cm³/mol. The Bertz CT molecular complexity index is 476. The van der Waals surface area contributed by atoms with Gasteiger partial charge in [-0.3, -0.25) is 4.79 Å². The number of ketones is 1. The number of carbonyl (C=O) groups is 1. The van der Waals surface area contributed by atoms with E-state index in [-0.39, 0.29) is 5.78 Å². The molecule has 0 fully saturated rings. The molecular formula is C11H13BrN2O. The fourth-order valence-electron chi connectivity index (χ4n) is 1.24. The van der Waals surface area contributed by atoms with Crippen LogP contribution in [0.2, 0.25) is 0 Å². The molecule has 2 heterocycles. The molecule has 2 aromatic rings. The number of fused-ring (bicyclic) bond motifs is 1. The average molecular weight is 269 g/mol. The van der Waals surface area contributed by atoms with Gasteiger partial charge in [-0.25, -0.2) is 4.98 Å². The molecule has 4 heteroatoms. The van der Waals surface area contributed by atoms with Crippen LogP contribution in [0.4, 0.5) is 0 Å². The first kappa shape index (κ1) is 11.9. The number of hydrogen-bond acceptors (Lipinski definition) is 2. The first-order chi connectivity index (χ1) is 7.18. The monoisotopic (exact) mass is 268 g/mol. The molecule has 0 spiro atoms. The van der Waals surface area contributed by atoms with Crippen molar-refractivity contribution in [2.45, 2.75) is 20.8 Å². The van der Waals surface area contributed by atoms with E-state index < -0.39 is 0 Å². The van der Waals surface area contributed by atoms with Gasteiger partial charge in [0.2, 0.25) is 0 Å². The zero-order chi connectivity index (χ0) is 11.4. The Hall–Kier alpha value is -1.16. The van der Waals surface area contributed by atoms with Gasteiger partial charge in [0.05, 0.1) is 5.52 Å². The molecule has 15 heavy (non-hydrogen) atoms. The molecule has 3 nitrogen and oxygen atoms in total. The Labute approximate surface area is 97.3 Å². The minimum Gasteiger partial charge on any atom is -0.304 e. The zero-order valence-electron chi connectivity index (χ0n) is 8.99. The van der Waals surface area contributed by atoms with Gasteiger partial charge in [0.1, 0.15) is 12.0 Å². The Morgan fingerprint density at radius 1 is 1.40 bits per heavy atom. The lowest BCUT2D eigenvalue weighted by atomic mass is 10.2. The molecule has 80 valence electrons. The van der Waals surface area contributed by atoms with Crippen molar-refractivity contribution in [3.63, 3.8) is 0 Å². The van der Waals surface area contributed by atoms with Crippen LogP contribution >= 0.6 is 15.9 Å². The lowest BCUT2D eigenvalue weighted by molar-refractivity contribution is 0.101. The van der Waals surface area contributed by atoms with Gasteiger partial charge < -0.3 is 4.40 Å². The van der Waals surface area contributed by atoms with Crippen molar-refractivity contribution in [3.05, 3.63) is 34.8 Å². The van der Waals surface area contributed by atoms with E-state index >= 15 is 0 Å². The largest absolute Gasteiger partial charge is 0.304 e. The molecule has 0 radical (unpaired) electrons. The third kappa shape index (κ3) is 2.45. The van der Waals surface area contributed by atoms with Gasteiger partial charge in [0, 0.05) is 17.6 Å². The summed E-state index contributed by atoms with van der Waals surface area (Å²) in [5.41, 5.74) is 1.36. The number of rotatable bonds is 1. The van der Waals surface area contributed by atoms with Gasteiger partial charge >= 0.3 is 0 Å². The van der Waals surface area contributed by atoms with Crippen LogP contribution < -0.4 is 0 Å². The SMILES string of the molecule is CC.CC(=O)c1ncn2cc(Br)ccc12. The van der Waals surface area contributed by atoms with Crippen molar-refractivity contribution in [2.75, 3.05) is 0 Å². The van der Waals surface area contributed by atoms with Crippen molar-refractivity contribution < 1.29 is 4.79 Å². The second-order valence-corrected chi connectivity index (χ2v) is 3.70. The average Bonchev–Trinajstić information content (AvgIpc) is 2.63. The van der Waals surface area contributed by atoms with E-state index in [1.54, 1.807) is 6.33 Å². The summed E-state index contributed by atoms with van der Waals surface area (Å²) in [6.45, 7) is 5.52. The molecule has 2 aromatic heterocycles. The van der Waals surface area contributed by atoms with Crippen molar-refractivity contribution >= 4 is 27.2 Å². The topological polar surface area (TPSA) is 34.4 Å². The highest BCUT2D eigenvalue weighted by Gasteiger charge is 2.07. The second-order valence-electron chi connectivity index (χ2n) is 2.79. The molecule has 0 N–H and O–H groups in total. The van der Waals surface area contributed by atoms with Crippen LogP contribution in [0, 0.1) is 0 Å². The van der Waals surface area contributed by atoms with Gasteiger partial charge in [0.25, 0.3) is 0 Å². The first-order valence-electron chi connectivity index (χ1n) is 4.81. The number of carbonyl (C=O) groups excluding carboxylic acids is 1. The number of Topliss-reactive ketones (excluding diaryl/α,β-unsaturated/α-hetero) is 1. The summed E-state index contributed by atoms with van der Waals surface area (Å²) in [5, 5.41) is 0. The molecule has 2 rings (SSSR count). The first-order valence-corrected chi connectivity index (χ1v) is 5.61. The van der Waals surface area contributed by atoms with E-state index in [2.05, 4.69) is 20.9 Å². The van der Waals surface area contributed by atoms with Crippen LogP contribution in [0.5, 0.6) is 0 Å². The summed E-state index contributed by atoms with van der Waals surface area (Å²) in [4.78, 5) is 15.1. The van der Waals surface area contributed by atoms with E-state index in [9.17, 15) is 4.79 Å². The molecule has 0 bridgehead atoms. The number of halogens is 1. The van der Waals surface area contributed by atoms with Crippen molar-refractivity contribution in [3.8, 4) is 0 Å². The summed E-state index contributed by atoms with van der Waals surface area (Å²) in [6, 6.07) is 3.76. The molecule has 0 aliphatic heterocycles. The standard InChI is InChI=1S/C9H7BrN2O.C2H6/c1-6(13)9-8-3-2-7(10)4-12(8)5-11-9;1-2/h2-5H,1H3;1-2H3. The second kappa shape index (κ2) is 5.07. The normalized spacial score (nSPS) is 9.60. The zero-order valence-corrected chi connectivity index (χ0v) is 10.6. The smallest absolute Gasteiger partial charge is 0.180 e. The Kier molecular flexibility index (Phi) is 4.03. The van der Waals surface area contributed by atoms with Crippen LogP contribution in [0.1, 0.15) is 31.3 Å². The van der Waals surface area contributed by atoms with Crippen LogP contribution in [0.3, 0.4) is 0 Å². The maximum atomic E-state index is 11.1. The van der Waals surface area contributed by atoms with Crippen LogP contribution in [-0.2, 0) is 0 Å². The van der Waals surface area contributed by atoms with Gasteiger partial charge in [-0.15, -0.1) is 0 Å². The Balaban J connectivity index is 0.000000531. The summed E-state index contributed by atoms with van der Waals surface area (Å²) in [7, 11) is 0. The lowest BCUT2D eigenvalue weighted by Gasteiger charge is -1.95. The number of pyridine rings is 1. The lowest BCUT2D eigenvalue weighted by Crippen LogP contribution is -1.92. The minimum absolute atomic E-state index is 0.00942. The van der Waals surface area contributed by atoms with Crippen LogP contribution in [0.25, 0.3) is 5.52 Å². The van der Waals surface area contributed by atoms with Crippen molar-refractivity contribution in [2.24, 2.45) is 0 Å². The van der Waals surface area contributed by atoms with Crippen molar-refractivity contribution in [1.29, 1.82) is 0 Å². The molecular weight excluding hydrogens is 256 g/mol. The fraction of sp³-hybridized carbons (Fsp3) is 0.273. The summed E-state index contributed by atoms with van der Waals surface area (Å²) in [5.74, 6) is -0.00942. The molecule has 0 aliphatic carbocycles. The molecule has 0 aromatic carbocycles. The number of hydrogen-bond donors (Lipinski definition) is 0. The predicted octanol–water partition coefficient (Wildman–Crippen LogP) is 3.33. The summed E-state index contributed by atoms with van der Waals surface area (Å²) < 4.78 is 2.79. The number of aromatic nitrogens is 2.